The van der Waals surface area contributed by atoms with E-state index in [0.29, 0.717) is 35.7 Å². The topological polar surface area (TPSA) is 50.8 Å². The van der Waals surface area contributed by atoms with Crippen LogP contribution in [0.2, 0.25) is 0 Å². The lowest BCUT2D eigenvalue weighted by Crippen LogP contribution is -2.44. The van der Waals surface area contributed by atoms with Gasteiger partial charge in [0.05, 0.1) is 5.56 Å². The number of benzene rings is 1. The van der Waals surface area contributed by atoms with Gasteiger partial charge in [0.25, 0.3) is 5.91 Å². The highest BCUT2D eigenvalue weighted by Gasteiger charge is 2.38. The molecule has 1 spiro atoms. The monoisotopic (exact) mass is 338 g/mol. The van der Waals surface area contributed by atoms with Crippen LogP contribution in [0, 0.1) is 5.41 Å². The molecule has 5 nitrogen and oxygen atoms in total. The van der Waals surface area contributed by atoms with E-state index in [9.17, 15) is 4.79 Å². The molecule has 0 aliphatic carbocycles. The van der Waals surface area contributed by atoms with Crippen molar-refractivity contribution in [3.05, 3.63) is 23.8 Å². The van der Waals surface area contributed by atoms with Crippen LogP contribution in [0.4, 0.5) is 0 Å². The zero-order valence-electron chi connectivity index (χ0n) is 13.2. The minimum Gasteiger partial charge on any atom is -0.486 e. The van der Waals surface area contributed by atoms with E-state index in [2.05, 4.69) is 5.32 Å². The number of nitrogens with zero attached hydrogens (tertiary/aromatic N) is 1. The van der Waals surface area contributed by atoms with Crippen LogP contribution in [-0.2, 0) is 0 Å². The summed E-state index contributed by atoms with van der Waals surface area (Å²) in [7, 11) is 0. The van der Waals surface area contributed by atoms with Crippen molar-refractivity contribution in [3.8, 4) is 11.5 Å². The molecule has 1 N–H and O–H groups in total. The maximum absolute atomic E-state index is 12.8. The number of halogens is 1. The quantitative estimate of drug-likeness (QED) is 0.852. The Morgan fingerprint density at radius 3 is 2.65 bits per heavy atom. The smallest absolute Gasteiger partial charge is 0.257 e. The third-order valence-electron chi connectivity index (χ3n) is 5.24. The number of para-hydroxylation sites is 1. The van der Waals surface area contributed by atoms with Gasteiger partial charge >= 0.3 is 0 Å². The van der Waals surface area contributed by atoms with Crippen molar-refractivity contribution in [3.63, 3.8) is 0 Å². The molecule has 0 atom stereocenters. The molecular weight excluding hydrogens is 316 g/mol. The van der Waals surface area contributed by atoms with Crippen LogP contribution in [0.3, 0.4) is 0 Å². The largest absolute Gasteiger partial charge is 0.486 e. The first-order valence-corrected chi connectivity index (χ1v) is 8.16. The van der Waals surface area contributed by atoms with Gasteiger partial charge in [-0.3, -0.25) is 4.79 Å². The van der Waals surface area contributed by atoms with Gasteiger partial charge in [0.15, 0.2) is 11.5 Å². The van der Waals surface area contributed by atoms with Crippen LogP contribution in [0.5, 0.6) is 11.5 Å². The van der Waals surface area contributed by atoms with Crippen molar-refractivity contribution in [1.82, 2.24) is 10.2 Å². The lowest BCUT2D eigenvalue weighted by atomic mass is 9.78. The Kier molecular flexibility index (Phi) is 4.69. The molecule has 3 aliphatic rings. The van der Waals surface area contributed by atoms with Crippen molar-refractivity contribution >= 4 is 18.3 Å². The summed E-state index contributed by atoms with van der Waals surface area (Å²) >= 11 is 0. The Morgan fingerprint density at radius 1 is 1.13 bits per heavy atom. The van der Waals surface area contributed by atoms with Gasteiger partial charge in [0.1, 0.15) is 13.2 Å². The second-order valence-corrected chi connectivity index (χ2v) is 6.55. The fraction of sp³-hybridized carbons (Fsp3) is 0.588. The molecule has 1 aromatic carbocycles. The highest BCUT2D eigenvalue weighted by molar-refractivity contribution is 5.98. The second-order valence-electron chi connectivity index (χ2n) is 6.55. The molecule has 6 heteroatoms. The van der Waals surface area contributed by atoms with Gasteiger partial charge in [0.2, 0.25) is 0 Å². The first-order chi connectivity index (χ1) is 10.8. The van der Waals surface area contributed by atoms with E-state index in [1.165, 1.54) is 6.42 Å². The Balaban J connectivity index is 0.00000156. The van der Waals surface area contributed by atoms with E-state index in [1.807, 2.05) is 23.1 Å². The predicted molar refractivity (Wildman–Crippen MR) is 89.7 cm³/mol. The third kappa shape index (κ3) is 3.00. The van der Waals surface area contributed by atoms with Gasteiger partial charge in [-0.15, -0.1) is 12.4 Å². The van der Waals surface area contributed by atoms with E-state index >= 15 is 0 Å². The van der Waals surface area contributed by atoms with Crippen LogP contribution in [0.25, 0.3) is 0 Å². The number of hydrogen-bond acceptors (Lipinski definition) is 4. The number of likely N-dealkylation sites (tertiary alicyclic amines) is 1. The number of ether oxygens (including phenoxy) is 2. The SMILES string of the molecule is Cl.O=C(c1cccc2c1OCCO2)N1CCC2(CCNC2)CC1. The van der Waals surface area contributed by atoms with E-state index in [1.54, 1.807) is 0 Å². The molecular formula is C17H23ClN2O3. The molecule has 0 radical (unpaired) electrons. The van der Waals surface area contributed by atoms with E-state index < -0.39 is 0 Å². The van der Waals surface area contributed by atoms with Crippen LogP contribution < -0.4 is 14.8 Å². The molecule has 23 heavy (non-hydrogen) atoms. The first-order valence-electron chi connectivity index (χ1n) is 8.16. The predicted octanol–water partition coefficient (Wildman–Crippen LogP) is 2.10. The summed E-state index contributed by atoms with van der Waals surface area (Å²) in [5.74, 6) is 1.37. The Morgan fingerprint density at radius 2 is 1.91 bits per heavy atom. The standard InChI is InChI=1S/C17H22N2O3.ClH/c20-16(13-2-1-3-14-15(13)22-11-10-21-14)19-8-5-17(6-9-19)4-7-18-12-17;/h1-3,18H,4-12H2;1H. The number of nitrogens with one attached hydrogen (secondary N) is 1. The highest BCUT2D eigenvalue weighted by Crippen LogP contribution is 2.39. The number of carbonyl (C=O) groups excluding carboxylic acids is 1. The van der Waals surface area contributed by atoms with Crippen LogP contribution in [0.1, 0.15) is 29.6 Å². The second kappa shape index (κ2) is 6.57. The summed E-state index contributed by atoms with van der Waals surface area (Å²) < 4.78 is 11.3. The Hall–Kier alpha value is -1.46. The zero-order chi connectivity index (χ0) is 15.0. The molecule has 0 saturated carbocycles. The summed E-state index contributed by atoms with van der Waals surface area (Å²) in [4.78, 5) is 14.8. The summed E-state index contributed by atoms with van der Waals surface area (Å²) in [6.07, 6.45) is 3.43. The minimum absolute atomic E-state index is 0. The van der Waals surface area contributed by atoms with Gasteiger partial charge in [-0.05, 0) is 43.4 Å². The zero-order valence-corrected chi connectivity index (χ0v) is 14.0. The first kappa shape index (κ1) is 16.4. The summed E-state index contributed by atoms with van der Waals surface area (Å²) in [5, 5.41) is 3.46. The maximum Gasteiger partial charge on any atom is 0.257 e. The average molecular weight is 339 g/mol. The number of hydrogen-bond donors (Lipinski definition) is 1. The van der Waals surface area contributed by atoms with Crippen molar-refractivity contribution < 1.29 is 14.3 Å². The maximum atomic E-state index is 12.8. The van der Waals surface area contributed by atoms with Crippen LogP contribution >= 0.6 is 12.4 Å². The molecule has 2 fully saturated rings. The lowest BCUT2D eigenvalue weighted by Gasteiger charge is -2.39. The summed E-state index contributed by atoms with van der Waals surface area (Å²) in [6, 6.07) is 5.57. The average Bonchev–Trinajstić information content (AvgIpc) is 3.02. The Labute approximate surface area is 142 Å². The molecule has 4 rings (SSSR count). The molecule has 126 valence electrons. The third-order valence-corrected chi connectivity index (χ3v) is 5.24. The summed E-state index contributed by atoms with van der Waals surface area (Å²) in [6.45, 7) is 4.95. The molecule has 0 aromatic heterocycles. The Bertz CT molecular complexity index is 577. The molecule has 3 aliphatic heterocycles. The highest BCUT2D eigenvalue weighted by atomic mass is 35.5. The molecule has 0 unspecified atom stereocenters. The van der Waals surface area contributed by atoms with Crippen molar-refractivity contribution in [2.45, 2.75) is 19.3 Å². The fourth-order valence-electron chi connectivity index (χ4n) is 3.82. The molecule has 1 aromatic rings. The molecule has 1 amide bonds. The fourth-order valence-corrected chi connectivity index (χ4v) is 3.82. The van der Waals surface area contributed by atoms with Gasteiger partial charge in [-0.25, -0.2) is 0 Å². The van der Waals surface area contributed by atoms with E-state index in [0.717, 1.165) is 39.0 Å². The number of rotatable bonds is 1. The number of fused-ring (bicyclic) bond motifs is 1. The van der Waals surface area contributed by atoms with E-state index in [4.69, 9.17) is 9.47 Å². The van der Waals surface area contributed by atoms with Gasteiger partial charge in [0, 0.05) is 19.6 Å². The van der Waals surface area contributed by atoms with Crippen LogP contribution in [0.15, 0.2) is 18.2 Å². The van der Waals surface area contributed by atoms with E-state index in [-0.39, 0.29) is 18.3 Å². The van der Waals surface area contributed by atoms with Gasteiger partial charge in [-0.1, -0.05) is 6.07 Å². The minimum atomic E-state index is 0. The van der Waals surface area contributed by atoms with Gasteiger partial charge < -0.3 is 19.7 Å². The summed E-state index contributed by atoms with van der Waals surface area (Å²) in [5.41, 5.74) is 1.06. The van der Waals surface area contributed by atoms with Gasteiger partial charge in [-0.2, -0.15) is 0 Å². The number of amides is 1. The van der Waals surface area contributed by atoms with Crippen LogP contribution in [-0.4, -0.2) is 50.2 Å². The molecule has 0 bridgehead atoms. The molecule has 3 heterocycles. The van der Waals surface area contributed by atoms with Crippen molar-refractivity contribution in [2.24, 2.45) is 5.41 Å². The molecule has 2 saturated heterocycles. The lowest BCUT2D eigenvalue weighted by molar-refractivity contribution is 0.0599. The van der Waals surface area contributed by atoms with Crippen molar-refractivity contribution in [1.29, 1.82) is 0 Å². The van der Waals surface area contributed by atoms with Crippen molar-refractivity contribution in [2.75, 3.05) is 39.4 Å². The number of piperidine rings is 1. The normalized spacial score (nSPS) is 21.8. The number of carbonyl (C=O) groups is 1.